The largest absolute Gasteiger partial charge is 0.490 e. The zero-order valence-corrected chi connectivity index (χ0v) is 14.8. The lowest BCUT2D eigenvalue weighted by Crippen LogP contribution is -2.27. The van der Waals surface area contributed by atoms with Crippen molar-refractivity contribution in [3.05, 3.63) is 59.2 Å². The highest BCUT2D eigenvalue weighted by atomic mass is 16.5. The summed E-state index contributed by atoms with van der Waals surface area (Å²) in [4.78, 5) is 12.5. The number of amides is 1. The van der Waals surface area contributed by atoms with Crippen molar-refractivity contribution in [1.82, 2.24) is 5.32 Å². The Hall–Kier alpha value is -2.49. The molecular weight excluding hydrogens is 302 g/mol. The molecule has 0 aliphatic rings. The summed E-state index contributed by atoms with van der Waals surface area (Å²) in [5.74, 6) is 1.35. The molecule has 0 bridgehead atoms. The lowest BCUT2D eigenvalue weighted by atomic mass is 10.1. The molecule has 2 aromatic rings. The maximum Gasteiger partial charge on any atom is 0.252 e. The summed E-state index contributed by atoms with van der Waals surface area (Å²) in [5.41, 5.74) is 2.63. The van der Waals surface area contributed by atoms with E-state index in [1.54, 1.807) is 0 Å². The summed E-state index contributed by atoms with van der Waals surface area (Å²) in [5, 5.41) is 3.04. The van der Waals surface area contributed by atoms with Crippen molar-refractivity contribution >= 4 is 5.91 Å². The number of carbonyl (C=O) groups is 1. The number of rotatable bonds is 7. The first kappa shape index (κ1) is 17.9. The smallest absolute Gasteiger partial charge is 0.252 e. The molecule has 2 rings (SSSR count). The number of ether oxygens (including phenoxy) is 2. The molecule has 1 amide bonds. The average molecular weight is 327 g/mol. The molecule has 0 radical (unpaired) electrons. The lowest BCUT2D eigenvalue weighted by molar-refractivity contribution is 0.0939. The summed E-state index contributed by atoms with van der Waals surface area (Å²) in [6.45, 7) is 8.91. The first-order valence-corrected chi connectivity index (χ1v) is 8.32. The SMILES string of the molecule is CCOc1ccc([C@H](C)NC(=O)c2ccccc2C)cc1OCC. The van der Waals surface area contributed by atoms with E-state index in [9.17, 15) is 4.79 Å². The van der Waals surface area contributed by atoms with Crippen LogP contribution in [0.15, 0.2) is 42.5 Å². The highest BCUT2D eigenvalue weighted by Crippen LogP contribution is 2.30. The molecule has 0 aromatic heterocycles. The third kappa shape index (κ3) is 4.28. The maximum atomic E-state index is 12.5. The summed E-state index contributed by atoms with van der Waals surface area (Å²) >= 11 is 0. The molecule has 1 atom stereocenters. The van der Waals surface area contributed by atoms with Crippen molar-refractivity contribution < 1.29 is 14.3 Å². The number of aryl methyl sites for hydroxylation is 1. The molecular formula is C20H25NO3. The number of carbonyl (C=O) groups excluding carboxylic acids is 1. The van der Waals surface area contributed by atoms with Crippen LogP contribution in [0.3, 0.4) is 0 Å². The van der Waals surface area contributed by atoms with Crippen molar-refractivity contribution in [3.8, 4) is 11.5 Å². The molecule has 4 nitrogen and oxygen atoms in total. The van der Waals surface area contributed by atoms with Crippen LogP contribution in [0.25, 0.3) is 0 Å². The fraction of sp³-hybridized carbons (Fsp3) is 0.350. The number of hydrogen-bond acceptors (Lipinski definition) is 3. The average Bonchev–Trinajstić information content (AvgIpc) is 2.57. The second-order valence-electron chi connectivity index (χ2n) is 5.58. The van der Waals surface area contributed by atoms with E-state index >= 15 is 0 Å². The van der Waals surface area contributed by atoms with Gasteiger partial charge < -0.3 is 14.8 Å². The Bertz CT molecular complexity index is 697. The van der Waals surface area contributed by atoms with Gasteiger partial charge in [0.25, 0.3) is 5.91 Å². The highest BCUT2D eigenvalue weighted by molar-refractivity contribution is 5.95. The summed E-state index contributed by atoms with van der Waals surface area (Å²) in [6, 6.07) is 13.2. The minimum atomic E-state index is -0.132. The molecule has 24 heavy (non-hydrogen) atoms. The summed E-state index contributed by atoms with van der Waals surface area (Å²) in [7, 11) is 0. The molecule has 0 spiro atoms. The molecule has 4 heteroatoms. The number of benzene rings is 2. The molecule has 0 saturated heterocycles. The van der Waals surface area contributed by atoms with E-state index in [2.05, 4.69) is 5.32 Å². The van der Waals surface area contributed by atoms with Crippen LogP contribution in [-0.2, 0) is 0 Å². The molecule has 0 fully saturated rings. The lowest BCUT2D eigenvalue weighted by Gasteiger charge is -2.18. The fourth-order valence-electron chi connectivity index (χ4n) is 2.52. The van der Waals surface area contributed by atoms with Crippen molar-refractivity contribution in [3.63, 3.8) is 0 Å². The van der Waals surface area contributed by atoms with Gasteiger partial charge in [-0.3, -0.25) is 4.79 Å². The van der Waals surface area contributed by atoms with Crippen LogP contribution in [0.1, 0.15) is 48.3 Å². The third-order valence-corrected chi connectivity index (χ3v) is 3.80. The quantitative estimate of drug-likeness (QED) is 0.825. The van der Waals surface area contributed by atoms with Gasteiger partial charge in [-0.15, -0.1) is 0 Å². The van der Waals surface area contributed by atoms with E-state index < -0.39 is 0 Å². The van der Waals surface area contributed by atoms with Crippen LogP contribution in [0.2, 0.25) is 0 Å². The van der Waals surface area contributed by atoms with Gasteiger partial charge >= 0.3 is 0 Å². The zero-order valence-electron chi connectivity index (χ0n) is 14.8. The van der Waals surface area contributed by atoms with Crippen LogP contribution in [0, 0.1) is 6.92 Å². The van der Waals surface area contributed by atoms with Gasteiger partial charge in [-0.25, -0.2) is 0 Å². The standard InChI is InChI=1S/C20H25NO3/c1-5-23-18-12-11-16(13-19(18)24-6-2)15(4)21-20(22)17-10-8-7-9-14(17)3/h7-13,15H,5-6H2,1-4H3,(H,21,22)/t15-/m0/s1. The fourth-order valence-corrected chi connectivity index (χ4v) is 2.52. The van der Waals surface area contributed by atoms with E-state index in [1.165, 1.54) is 0 Å². The first-order valence-electron chi connectivity index (χ1n) is 8.32. The highest BCUT2D eigenvalue weighted by Gasteiger charge is 2.15. The van der Waals surface area contributed by atoms with E-state index in [0.29, 0.717) is 24.5 Å². The Morgan fingerprint density at radius 3 is 2.38 bits per heavy atom. The Balaban J connectivity index is 2.17. The van der Waals surface area contributed by atoms with E-state index in [-0.39, 0.29) is 11.9 Å². The maximum absolute atomic E-state index is 12.5. The van der Waals surface area contributed by atoms with Gasteiger partial charge in [-0.1, -0.05) is 24.3 Å². The van der Waals surface area contributed by atoms with Gasteiger partial charge in [0.1, 0.15) is 0 Å². The van der Waals surface area contributed by atoms with Gasteiger partial charge in [-0.2, -0.15) is 0 Å². The van der Waals surface area contributed by atoms with Crippen LogP contribution in [0.5, 0.6) is 11.5 Å². The monoisotopic (exact) mass is 327 g/mol. The Morgan fingerprint density at radius 1 is 1.04 bits per heavy atom. The van der Waals surface area contributed by atoms with Gasteiger partial charge in [0.2, 0.25) is 0 Å². The van der Waals surface area contributed by atoms with Crippen LogP contribution < -0.4 is 14.8 Å². The number of nitrogens with one attached hydrogen (secondary N) is 1. The predicted molar refractivity (Wildman–Crippen MR) is 95.8 cm³/mol. The molecule has 0 heterocycles. The predicted octanol–water partition coefficient (Wildman–Crippen LogP) is 4.28. The Morgan fingerprint density at radius 2 is 1.71 bits per heavy atom. The molecule has 0 saturated carbocycles. The first-order chi connectivity index (χ1) is 11.6. The van der Waals surface area contributed by atoms with E-state index in [1.807, 2.05) is 70.2 Å². The third-order valence-electron chi connectivity index (χ3n) is 3.80. The summed E-state index contributed by atoms with van der Waals surface area (Å²) < 4.78 is 11.2. The van der Waals surface area contributed by atoms with Gasteiger partial charge in [0, 0.05) is 5.56 Å². The van der Waals surface area contributed by atoms with Crippen molar-refractivity contribution in [2.24, 2.45) is 0 Å². The molecule has 128 valence electrons. The second kappa shape index (κ2) is 8.39. The van der Waals surface area contributed by atoms with Gasteiger partial charge in [-0.05, 0) is 57.0 Å². The van der Waals surface area contributed by atoms with Gasteiger partial charge in [0.15, 0.2) is 11.5 Å². The van der Waals surface area contributed by atoms with E-state index in [4.69, 9.17) is 9.47 Å². The topological polar surface area (TPSA) is 47.6 Å². The second-order valence-corrected chi connectivity index (χ2v) is 5.58. The van der Waals surface area contributed by atoms with Crippen LogP contribution >= 0.6 is 0 Å². The van der Waals surface area contributed by atoms with Gasteiger partial charge in [0.05, 0.1) is 19.3 Å². The molecule has 0 aliphatic heterocycles. The van der Waals surface area contributed by atoms with Crippen molar-refractivity contribution in [1.29, 1.82) is 0 Å². The molecule has 0 aliphatic carbocycles. The Labute approximate surface area is 143 Å². The molecule has 0 unspecified atom stereocenters. The van der Waals surface area contributed by atoms with Crippen molar-refractivity contribution in [2.45, 2.75) is 33.7 Å². The minimum absolute atomic E-state index is 0.0764. The molecule has 2 aromatic carbocycles. The normalized spacial score (nSPS) is 11.7. The zero-order chi connectivity index (χ0) is 17.5. The minimum Gasteiger partial charge on any atom is -0.490 e. The number of hydrogen-bond donors (Lipinski definition) is 1. The Kier molecular flexibility index (Phi) is 6.24. The van der Waals surface area contributed by atoms with Crippen molar-refractivity contribution in [2.75, 3.05) is 13.2 Å². The van der Waals surface area contributed by atoms with Crippen LogP contribution in [-0.4, -0.2) is 19.1 Å². The summed E-state index contributed by atoms with van der Waals surface area (Å²) in [6.07, 6.45) is 0. The van der Waals surface area contributed by atoms with E-state index in [0.717, 1.165) is 16.9 Å². The molecule has 1 N–H and O–H groups in total. The van der Waals surface area contributed by atoms with Crippen LogP contribution in [0.4, 0.5) is 0 Å².